The second-order valence-electron chi connectivity index (χ2n) is 5.78. The smallest absolute Gasteiger partial charge is 0.276 e. The summed E-state index contributed by atoms with van der Waals surface area (Å²) in [5, 5.41) is 6.59. The lowest BCUT2D eigenvalue weighted by Gasteiger charge is -2.08. The Balaban J connectivity index is 1.88. The van der Waals surface area contributed by atoms with Gasteiger partial charge in [0.25, 0.3) is 11.8 Å². The third kappa shape index (κ3) is 3.65. The lowest BCUT2D eigenvalue weighted by Crippen LogP contribution is -2.17. The number of hydrogen-bond acceptors (Lipinski definition) is 5. The fourth-order valence-corrected chi connectivity index (χ4v) is 2.54. The van der Waals surface area contributed by atoms with E-state index in [2.05, 4.69) is 15.4 Å². The van der Waals surface area contributed by atoms with Crippen molar-refractivity contribution in [1.82, 2.24) is 14.8 Å². The van der Waals surface area contributed by atoms with Crippen molar-refractivity contribution in [1.29, 1.82) is 0 Å². The minimum Gasteiger partial charge on any atom is -0.480 e. The molecule has 0 bridgehead atoms. The summed E-state index contributed by atoms with van der Waals surface area (Å²) < 4.78 is 33.2. The molecule has 2 aromatic heterocycles. The lowest BCUT2D eigenvalue weighted by atomic mass is 10.2. The number of aryl methyl sites for hydroxylation is 1. The molecule has 0 fully saturated rings. The normalized spacial score (nSPS) is 10.6. The predicted molar refractivity (Wildman–Crippen MR) is 95.5 cm³/mol. The highest BCUT2D eigenvalue weighted by Crippen LogP contribution is 2.20. The first-order chi connectivity index (χ1) is 13.3. The van der Waals surface area contributed by atoms with Crippen LogP contribution in [0.2, 0.25) is 0 Å². The van der Waals surface area contributed by atoms with Crippen molar-refractivity contribution < 1.29 is 23.1 Å². The number of anilines is 1. The van der Waals surface area contributed by atoms with E-state index in [1.165, 1.54) is 36.2 Å². The number of carbonyl (C=O) groups is 2. The van der Waals surface area contributed by atoms with E-state index in [0.717, 1.165) is 12.1 Å². The van der Waals surface area contributed by atoms with Crippen LogP contribution < -0.4 is 15.8 Å². The van der Waals surface area contributed by atoms with Gasteiger partial charge in [0.2, 0.25) is 5.88 Å². The van der Waals surface area contributed by atoms with Crippen LogP contribution >= 0.6 is 0 Å². The van der Waals surface area contributed by atoms with Gasteiger partial charge in [-0.25, -0.2) is 18.4 Å². The molecule has 8 nitrogen and oxygen atoms in total. The summed E-state index contributed by atoms with van der Waals surface area (Å²) in [5.41, 5.74) is 5.90. The number of nitrogens with zero attached hydrogens (tertiary/aromatic N) is 3. The van der Waals surface area contributed by atoms with E-state index >= 15 is 0 Å². The molecule has 2 amide bonds. The molecule has 0 aliphatic rings. The van der Waals surface area contributed by atoms with Crippen LogP contribution in [-0.4, -0.2) is 33.7 Å². The third-order valence-corrected chi connectivity index (χ3v) is 3.83. The largest absolute Gasteiger partial charge is 0.480 e. The zero-order valence-corrected chi connectivity index (χ0v) is 14.9. The Labute approximate surface area is 157 Å². The number of hydrogen-bond donors (Lipinski definition) is 2. The summed E-state index contributed by atoms with van der Waals surface area (Å²) in [5.74, 6) is -2.90. The van der Waals surface area contributed by atoms with Crippen LogP contribution in [0.1, 0.15) is 26.5 Å². The maximum atomic E-state index is 14.0. The summed E-state index contributed by atoms with van der Waals surface area (Å²) in [4.78, 5) is 27.8. The van der Waals surface area contributed by atoms with Crippen LogP contribution in [0.3, 0.4) is 0 Å². The highest BCUT2D eigenvalue weighted by molar-refractivity contribution is 6.04. The van der Waals surface area contributed by atoms with E-state index in [9.17, 15) is 18.4 Å². The molecule has 0 aliphatic heterocycles. The molecule has 28 heavy (non-hydrogen) atoms. The number of benzene rings is 1. The summed E-state index contributed by atoms with van der Waals surface area (Å²) >= 11 is 0. The number of aromatic nitrogens is 3. The number of halogens is 2. The van der Waals surface area contributed by atoms with Crippen molar-refractivity contribution >= 4 is 17.5 Å². The first-order valence-electron chi connectivity index (χ1n) is 7.97. The molecular weight excluding hydrogens is 372 g/mol. The SMILES string of the molecule is COc1ncc(NC(=O)c2cc(C)n(-c3ccc(F)cc3F)n2)cc1C(N)=O. The van der Waals surface area contributed by atoms with Gasteiger partial charge >= 0.3 is 0 Å². The Kier molecular flexibility index (Phi) is 5.03. The quantitative estimate of drug-likeness (QED) is 0.697. The Morgan fingerprint density at radius 3 is 2.61 bits per heavy atom. The topological polar surface area (TPSA) is 112 Å². The number of methoxy groups -OCH3 is 1. The van der Waals surface area contributed by atoms with Crippen LogP contribution in [0, 0.1) is 18.6 Å². The predicted octanol–water partition coefficient (Wildman–Crippen LogP) is 2.21. The van der Waals surface area contributed by atoms with Crippen molar-refractivity contribution in [3.05, 3.63) is 65.1 Å². The average molecular weight is 387 g/mol. The average Bonchev–Trinajstić information content (AvgIpc) is 3.03. The van der Waals surface area contributed by atoms with E-state index in [0.29, 0.717) is 5.69 Å². The van der Waals surface area contributed by atoms with E-state index in [-0.39, 0.29) is 28.5 Å². The zero-order chi connectivity index (χ0) is 20.4. The van der Waals surface area contributed by atoms with Gasteiger partial charge in [-0.1, -0.05) is 0 Å². The zero-order valence-electron chi connectivity index (χ0n) is 14.9. The summed E-state index contributed by atoms with van der Waals surface area (Å²) in [6.45, 7) is 1.62. The maximum Gasteiger partial charge on any atom is 0.276 e. The monoisotopic (exact) mass is 387 g/mol. The van der Waals surface area contributed by atoms with E-state index in [4.69, 9.17) is 10.5 Å². The molecule has 144 valence electrons. The molecule has 1 aromatic carbocycles. The number of carbonyl (C=O) groups excluding carboxylic acids is 2. The van der Waals surface area contributed by atoms with Crippen LogP contribution in [-0.2, 0) is 0 Å². The van der Waals surface area contributed by atoms with Crippen molar-refractivity contribution in [3.8, 4) is 11.6 Å². The molecule has 3 rings (SSSR count). The van der Waals surface area contributed by atoms with Gasteiger partial charge in [0.05, 0.1) is 19.0 Å². The molecule has 0 atom stereocenters. The van der Waals surface area contributed by atoms with Gasteiger partial charge < -0.3 is 15.8 Å². The van der Waals surface area contributed by atoms with E-state index in [1.807, 2.05) is 0 Å². The standard InChI is InChI=1S/C18H15F2N5O3/c1-9-5-14(24-25(9)15-4-3-10(19)6-13(15)20)17(27)23-11-7-12(16(21)26)18(28-2)22-8-11/h3-8H,1-2H3,(H2,21,26)(H,23,27). The number of amides is 2. The molecule has 3 aromatic rings. The fourth-order valence-electron chi connectivity index (χ4n) is 2.54. The summed E-state index contributed by atoms with van der Waals surface area (Å²) in [6, 6.07) is 5.79. The van der Waals surface area contributed by atoms with Crippen LogP contribution in [0.5, 0.6) is 5.88 Å². The van der Waals surface area contributed by atoms with Gasteiger partial charge in [-0.2, -0.15) is 5.10 Å². The van der Waals surface area contributed by atoms with Crippen molar-refractivity contribution in [2.45, 2.75) is 6.92 Å². The maximum absolute atomic E-state index is 14.0. The van der Waals surface area contributed by atoms with E-state index in [1.54, 1.807) is 6.92 Å². The number of nitrogens with two attached hydrogens (primary N) is 1. The molecule has 0 unspecified atom stereocenters. The molecular formula is C18H15F2N5O3. The molecule has 0 spiro atoms. The van der Waals surface area contributed by atoms with Crippen LogP contribution in [0.15, 0.2) is 36.5 Å². The minimum absolute atomic E-state index is 0.0000730. The van der Waals surface area contributed by atoms with Gasteiger partial charge in [-0.3, -0.25) is 9.59 Å². The van der Waals surface area contributed by atoms with Crippen LogP contribution in [0.25, 0.3) is 5.69 Å². The van der Waals surface area contributed by atoms with Gasteiger partial charge in [0.1, 0.15) is 17.1 Å². The minimum atomic E-state index is -0.816. The highest BCUT2D eigenvalue weighted by atomic mass is 19.1. The number of primary amides is 1. The molecule has 2 heterocycles. The van der Waals surface area contributed by atoms with Crippen molar-refractivity contribution in [3.63, 3.8) is 0 Å². The van der Waals surface area contributed by atoms with Gasteiger partial charge in [-0.15, -0.1) is 0 Å². The Morgan fingerprint density at radius 2 is 1.96 bits per heavy atom. The molecule has 0 aliphatic carbocycles. The molecule has 3 N–H and O–H groups in total. The Morgan fingerprint density at radius 1 is 1.21 bits per heavy atom. The Hall–Kier alpha value is -3.82. The molecule has 10 heteroatoms. The van der Waals surface area contributed by atoms with Gasteiger partial charge in [0, 0.05) is 11.8 Å². The van der Waals surface area contributed by atoms with Gasteiger partial charge in [-0.05, 0) is 31.2 Å². The first kappa shape index (κ1) is 19.0. The number of rotatable bonds is 5. The summed E-state index contributed by atoms with van der Waals surface area (Å²) in [7, 11) is 1.33. The van der Waals surface area contributed by atoms with Crippen LogP contribution in [0.4, 0.5) is 14.5 Å². The first-order valence-corrected chi connectivity index (χ1v) is 7.97. The van der Waals surface area contributed by atoms with E-state index < -0.39 is 23.4 Å². The number of ether oxygens (including phenoxy) is 1. The molecule has 0 radical (unpaired) electrons. The molecule has 0 saturated heterocycles. The second kappa shape index (κ2) is 7.43. The number of nitrogens with one attached hydrogen (secondary N) is 1. The van der Waals surface area contributed by atoms with Crippen molar-refractivity contribution in [2.24, 2.45) is 5.73 Å². The van der Waals surface area contributed by atoms with Gasteiger partial charge in [0.15, 0.2) is 11.5 Å². The number of pyridine rings is 1. The summed E-state index contributed by atoms with van der Waals surface area (Å²) in [6.07, 6.45) is 1.28. The fraction of sp³-hybridized carbons (Fsp3) is 0.111. The Bertz CT molecular complexity index is 1080. The lowest BCUT2D eigenvalue weighted by molar-refractivity contribution is 0.0992. The third-order valence-electron chi connectivity index (χ3n) is 3.83. The molecule has 0 saturated carbocycles. The van der Waals surface area contributed by atoms with Crippen molar-refractivity contribution in [2.75, 3.05) is 12.4 Å². The second-order valence-corrected chi connectivity index (χ2v) is 5.78. The highest BCUT2D eigenvalue weighted by Gasteiger charge is 2.18.